The molecule has 4 heteroatoms. The molecule has 1 amide bonds. The quantitative estimate of drug-likeness (QED) is 0.142. The van der Waals surface area contributed by atoms with Crippen molar-refractivity contribution < 1.29 is 14.3 Å². The van der Waals surface area contributed by atoms with E-state index in [9.17, 15) is 9.59 Å². The standard InChI is InChI=1S/C31H49NO3/c1-5-6-7-8-9-10-11-12-13-14-15-16-17-18-19-20-21-22-23-24-30(33)32-27-29(25-28(2)3)26-31(34)35-4/h6-7,9-10,12-13,15-16,18-19,21-22,28-29H,5,8,11,14,17,20,23-27H2,1-4H3,(H,32,33)/b7-6-,10-9-,13-12-,16-15-,19-18-,22-21-/t29-/m0/s1. The van der Waals surface area contributed by atoms with Crippen LogP contribution >= 0.6 is 0 Å². The maximum absolute atomic E-state index is 12.1. The van der Waals surface area contributed by atoms with Crippen molar-refractivity contribution in [1.82, 2.24) is 5.32 Å². The second-order valence-electron chi connectivity index (χ2n) is 9.03. The van der Waals surface area contributed by atoms with Crippen LogP contribution < -0.4 is 5.32 Å². The average Bonchev–Trinajstić information content (AvgIpc) is 2.83. The Morgan fingerprint density at radius 1 is 0.743 bits per heavy atom. The van der Waals surface area contributed by atoms with Crippen LogP contribution in [0.5, 0.6) is 0 Å². The van der Waals surface area contributed by atoms with Crippen LogP contribution in [0, 0.1) is 11.8 Å². The van der Waals surface area contributed by atoms with E-state index in [2.05, 4.69) is 99.0 Å². The summed E-state index contributed by atoms with van der Waals surface area (Å²) in [5.41, 5.74) is 0. The summed E-state index contributed by atoms with van der Waals surface area (Å²) in [5, 5.41) is 2.96. The number of nitrogens with one attached hydrogen (secondary N) is 1. The minimum Gasteiger partial charge on any atom is -0.469 e. The number of rotatable bonds is 20. The highest BCUT2D eigenvalue weighted by Gasteiger charge is 2.16. The molecule has 0 aromatic rings. The first-order valence-corrected chi connectivity index (χ1v) is 13.2. The molecule has 0 radical (unpaired) electrons. The summed E-state index contributed by atoms with van der Waals surface area (Å²) in [5.74, 6) is 0.406. The molecule has 0 saturated carbocycles. The van der Waals surface area contributed by atoms with Crippen molar-refractivity contribution >= 4 is 11.9 Å². The van der Waals surface area contributed by atoms with E-state index in [1.165, 1.54) is 7.11 Å². The minimum atomic E-state index is -0.220. The second kappa shape index (κ2) is 24.5. The van der Waals surface area contributed by atoms with Gasteiger partial charge >= 0.3 is 5.97 Å². The zero-order chi connectivity index (χ0) is 26.0. The van der Waals surface area contributed by atoms with Crippen molar-refractivity contribution in [3.05, 3.63) is 72.9 Å². The molecule has 35 heavy (non-hydrogen) atoms. The lowest BCUT2D eigenvalue weighted by molar-refractivity contribution is -0.142. The van der Waals surface area contributed by atoms with E-state index in [1.54, 1.807) is 0 Å². The van der Waals surface area contributed by atoms with Crippen LogP contribution in [0.2, 0.25) is 0 Å². The largest absolute Gasteiger partial charge is 0.469 e. The Labute approximate surface area is 215 Å². The Hall–Kier alpha value is -2.62. The van der Waals surface area contributed by atoms with Crippen LogP contribution in [-0.2, 0) is 14.3 Å². The Balaban J connectivity index is 3.85. The third kappa shape index (κ3) is 24.3. The van der Waals surface area contributed by atoms with Crippen molar-refractivity contribution in [3.63, 3.8) is 0 Å². The normalized spacial score (nSPS) is 13.5. The summed E-state index contributed by atoms with van der Waals surface area (Å²) < 4.78 is 4.76. The smallest absolute Gasteiger partial charge is 0.305 e. The zero-order valence-electron chi connectivity index (χ0n) is 22.6. The molecule has 0 unspecified atom stereocenters. The maximum atomic E-state index is 12.1. The van der Waals surface area contributed by atoms with Gasteiger partial charge in [-0.05, 0) is 63.2 Å². The van der Waals surface area contributed by atoms with Crippen LogP contribution in [0.15, 0.2) is 72.9 Å². The average molecular weight is 484 g/mol. The molecule has 0 rings (SSSR count). The van der Waals surface area contributed by atoms with Gasteiger partial charge in [0.05, 0.1) is 7.11 Å². The summed E-state index contributed by atoms with van der Waals surface area (Å²) in [6.45, 7) is 6.91. The first-order valence-electron chi connectivity index (χ1n) is 13.2. The van der Waals surface area contributed by atoms with Crippen LogP contribution in [-0.4, -0.2) is 25.5 Å². The first kappa shape index (κ1) is 32.4. The predicted molar refractivity (Wildman–Crippen MR) is 150 cm³/mol. The molecule has 0 aromatic carbocycles. The van der Waals surface area contributed by atoms with E-state index >= 15 is 0 Å². The minimum absolute atomic E-state index is 0.0307. The summed E-state index contributed by atoms with van der Waals surface area (Å²) in [6, 6.07) is 0. The number of carbonyl (C=O) groups is 2. The summed E-state index contributed by atoms with van der Waals surface area (Å²) in [6.07, 6.45) is 34.4. The van der Waals surface area contributed by atoms with E-state index in [0.29, 0.717) is 25.3 Å². The van der Waals surface area contributed by atoms with E-state index in [-0.39, 0.29) is 17.8 Å². The third-order valence-corrected chi connectivity index (χ3v) is 5.21. The van der Waals surface area contributed by atoms with Gasteiger partial charge in [-0.1, -0.05) is 93.7 Å². The van der Waals surface area contributed by atoms with Crippen molar-refractivity contribution in [2.75, 3.05) is 13.7 Å². The number of hydrogen-bond donors (Lipinski definition) is 1. The predicted octanol–water partition coefficient (Wildman–Crippen LogP) is 7.81. The summed E-state index contributed by atoms with van der Waals surface area (Å²) >= 11 is 0. The van der Waals surface area contributed by atoms with Gasteiger partial charge in [-0.3, -0.25) is 9.59 Å². The monoisotopic (exact) mass is 483 g/mol. The molecule has 0 aromatic heterocycles. The number of carbonyl (C=O) groups excluding carboxylic acids is 2. The van der Waals surface area contributed by atoms with Gasteiger partial charge in [0, 0.05) is 19.4 Å². The van der Waals surface area contributed by atoms with E-state index in [4.69, 9.17) is 4.74 Å². The van der Waals surface area contributed by atoms with Gasteiger partial charge in [0.1, 0.15) is 0 Å². The van der Waals surface area contributed by atoms with Gasteiger partial charge in [-0.2, -0.15) is 0 Å². The van der Waals surface area contributed by atoms with E-state index < -0.39 is 0 Å². The lowest BCUT2D eigenvalue weighted by Crippen LogP contribution is -2.31. The molecule has 0 spiro atoms. The summed E-state index contributed by atoms with van der Waals surface area (Å²) in [4.78, 5) is 23.6. The molecule has 0 bridgehead atoms. The molecule has 1 atom stereocenters. The highest BCUT2D eigenvalue weighted by atomic mass is 16.5. The number of esters is 1. The van der Waals surface area contributed by atoms with E-state index in [1.807, 2.05) is 0 Å². The number of allylic oxidation sites excluding steroid dienone is 12. The van der Waals surface area contributed by atoms with Gasteiger partial charge in [0.25, 0.3) is 0 Å². The molecule has 0 aliphatic heterocycles. The molecule has 0 aliphatic carbocycles. The van der Waals surface area contributed by atoms with Crippen molar-refractivity contribution in [2.45, 2.75) is 85.0 Å². The SMILES string of the molecule is CC/C=C\C/C=C\C/C=C\C/C=C\C/C=C\C/C=C\CCC(=O)NC[C@H](CC(=O)OC)CC(C)C. The fraction of sp³-hybridized carbons (Fsp3) is 0.548. The molecule has 0 heterocycles. The Morgan fingerprint density at radius 2 is 1.20 bits per heavy atom. The Kier molecular flexibility index (Phi) is 22.7. The molecule has 196 valence electrons. The fourth-order valence-corrected chi connectivity index (χ4v) is 3.43. The van der Waals surface area contributed by atoms with E-state index in [0.717, 1.165) is 51.4 Å². The van der Waals surface area contributed by atoms with Crippen LogP contribution in [0.25, 0.3) is 0 Å². The molecule has 0 aliphatic rings. The van der Waals surface area contributed by atoms with Crippen LogP contribution in [0.1, 0.15) is 85.0 Å². The van der Waals surface area contributed by atoms with Crippen molar-refractivity contribution in [1.29, 1.82) is 0 Å². The van der Waals surface area contributed by atoms with Crippen LogP contribution in [0.4, 0.5) is 0 Å². The number of methoxy groups -OCH3 is 1. The molecular weight excluding hydrogens is 434 g/mol. The van der Waals surface area contributed by atoms with Crippen molar-refractivity contribution in [3.8, 4) is 0 Å². The van der Waals surface area contributed by atoms with Gasteiger partial charge in [-0.15, -0.1) is 0 Å². The Bertz CT molecular complexity index is 711. The van der Waals surface area contributed by atoms with Crippen molar-refractivity contribution in [2.24, 2.45) is 11.8 Å². The maximum Gasteiger partial charge on any atom is 0.305 e. The van der Waals surface area contributed by atoms with Crippen LogP contribution in [0.3, 0.4) is 0 Å². The van der Waals surface area contributed by atoms with Gasteiger partial charge in [0.2, 0.25) is 5.91 Å². The van der Waals surface area contributed by atoms with Gasteiger partial charge < -0.3 is 10.1 Å². The highest BCUT2D eigenvalue weighted by Crippen LogP contribution is 2.15. The molecule has 4 nitrogen and oxygen atoms in total. The highest BCUT2D eigenvalue weighted by molar-refractivity contribution is 5.76. The number of hydrogen-bond acceptors (Lipinski definition) is 3. The lowest BCUT2D eigenvalue weighted by Gasteiger charge is -2.18. The lowest BCUT2D eigenvalue weighted by atomic mass is 9.94. The summed E-state index contributed by atoms with van der Waals surface area (Å²) in [7, 11) is 1.40. The number of ether oxygens (including phenoxy) is 1. The second-order valence-corrected chi connectivity index (χ2v) is 9.03. The Morgan fingerprint density at radius 3 is 1.63 bits per heavy atom. The zero-order valence-corrected chi connectivity index (χ0v) is 22.6. The molecular formula is C31H49NO3. The molecule has 0 saturated heterocycles. The fourth-order valence-electron chi connectivity index (χ4n) is 3.43. The third-order valence-electron chi connectivity index (χ3n) is 5.21. The molecule has 1 N–H and O–H groups in total. The topological polar surface area (TPSA) is 55.4 Å². The van der Waals surface area contributed by atoms with Gasteiger partial charge in [-0.25, -0.2) is 0 Å². The van der Waals surface area contributed by atoms with Gasteiger partial charge in [0.15, 0.2) is 0 Å². The first-order chi connectivity index (χ1) is 17.0. The number of amides is 1. The molecule has 0 fully saturated rings.